The molecule has 0 aliphatic heterocycles. The first-order valence-corrected chi connectivity index (χ1v) is 8.79. The second kappa shape index (κ2) is 6.93. The van der Waals surface area contributed by atoms with Crippen LogP contribution in [-0.2, 0) is 5.60 Å². The highest BCUT2D eigenvalue weighted by Gasteiger charge is 2.21. The fourth-order valence-corrected chi connectivity index (χ4v) is 3.52. The van der Waals surface area contributed by atoms with Crippen molar-refractivity contribution in [2.75, 3.05) is 11.1 Å². The maximum Gasteiger partial charge on any atom is 0.251 e. The highest BCUT2D eigenvalue weighted by molar-refractivity contribution is 7.19. The number of aromatic nitrogens is 2. The predicted molar refractivity (Wildman–Crippen MR) is 103 cm³/mol. The van der Waals surface area contributed by atoms with Gasteiger partial charge in [-0.2, -0.15) is 0 Å². The first-order valence-electron chi connectivity index (χ1n) is 7.98. The number of rotatable bonds is 5. The van der Waals surface area contributed by atoms with Crippen LogP contribution in [0.25, 0.3) is 10.4 Å². The summed E-state index contributed by atoms with van der Waals surface area (Å²) >= 11 is 1.15. The highest BCUT2D eigenvalue weighted by atomic mass is 32.1. The lowest BCUT2D eigenvalue weighted by molar-refractivity contribution is 0.0782. The van der Waals surface area contributed by atoms with Crippen LogP contribution in [0.1, 0.15) is 29.8 Å². The molecular weight excluding hydrogens is 369 g/mol. The first kappa shape index (κ1) is 18.7. The van der Waals surface area contributed by atoms with E-state index in [-0.39, 0.29) is 11.4 Å². The van der Waals surface area contributed by atoms with Gasteiger partial charge in [0.1, 0.15) is 16.6 Å². The third kappa shape index (κ3) is 4.04. The zero-order valence-electron chi connectivity index (χ0n) is 14.7. The van der Waals surface area contributed by atoms with Crippen molar-refractivity contribution in [3.05, 3.63) is 53.3 Å². The van der Waals surface area contributed by atoms with Gasteiger partial charge in [0.15, 0.2) is 5.82 Å². The maximum atomic E-state index is 14.6. The molecule has 1 amide bonds. The monoisotopic (exact) mass is 387 g/mol. The number of carbonyl (C=O) groups is 1. The van der Waals surface area contributed by atoms with E-state index >= 15 is 0 Å². The summed E-state index contributed by atoms with van der Waals surface area (Å²) in [6.45, 7) is 3.15. The number of anilines is 3. The van der Waals surface area contributed by atoms with Crippen LogP contribution >= 0.6 is 11.3 Å². The van der Waals surface area contributed by atoms with Crippen LogP contribution in [0.4, 0.5) is 21.0 Å². The van der Waals surface area contributed by atoms with Crippen LogP contribution in [-0.4, -0.2) is 21.2 Å². The van der Waals surface area contributed by atoms with Crippen LogP contribution in [0.2, 0.25) is 0 Å². The summed E-state index contributed by atoms with van der Waals surface area (Å²) in [6, 6.07) is 9.15. The number of thiophene rings is 1. The quantitative estimate of drug-likeness (QED) is 0.533. The van der Waals surface area contributed by atoms with Crippen molar-refractivity contribution in [1.29, 1.82) is 0 Å². The minimum atomic E-state index is -1.16. The van der Waals surface area contributed by atoms with Gasteiger partial charge in [0.2, 0.25) is 0 Å². The third-order valence-corrected chi connectivity index (χ3v) is 4.95. The lowest BCUT2D eigenvalue weighted by Crippen LogP contribution is -2.15. The van der Waals surface area contributed by atoms with Crippen LogP contribution < -0.4 is 16.8 Å². The standard InChI is InChI=1S/C18H18FN5O2S/c1-18(2,26)9-3-4-10(12(19)7-9)13-8-11(16(21)25)17(27-13)22-15-6-5-14(20)23-24-15/h3-8,26H,1-2H3,(H2,20,23)(H2,21,25)(H,22,24). The van der Waals surface area contributed by atoms with Gasteiger partial charge in [0, 0.05) is 10.4 Å². The van der Waals surface area contributed by atoms with Gasteiger partial charge in [-0.25, -0.2) is 4.39 Å². The van der Waals surface area contributed by atoms with Crippen molar-refractivity contribution in [2.45, 2.75) is 19.4 Å². The molecule has 0 fully saturated rings. The summed E-state index contributed by atoms with van der Waals surface area (Å²) in [5.41, 5.74) is 10.8. The second-order valence-corrected chi connectivity index (χ2v) is 7.49. The molecule has 0 spiro atoms. The number of benzene rings is 1. The molecule has 0 saturated carbocycles. The highest BCUT2D eigenvalue weighted by Crippen LogP contribution is 2.38. The Kier molecular flexibility index (Phi) is 4.81. The molecule has 0 aliphatic rings. The van der Waals surface area contributed by atoms with Crippen LogP contribution in [0.3, 0.4) is 0 Å². The molecule has 27 heavy (non-hydrogen) atoms. The van der Waals surface area contributed by atoms with Crippen molar-refractivity contribution in [1.82, 2.24) is 10.2 Å². The number of nitrogens with zero attached hydrogens (tertiary/aromatic N) is 2. The average molecular weight is 387 g/mol. The number of hydrogen-bond donors (Lipinski definition) is 4. The Bertz CT molecular complexity index is 996. The van der Waals surface area contributed by atoms with E-state index in [4.69, 9.17) is 11.5 Å². The summed E-state index contributed by atoms with van der Waals surface area (Å²) in [6.07, 6.45) is 0. The molecule has 0 bridgehead atoms. The van der Waals surface area contributed by atoms with Gasteiger partial charge in [0.25, 0.3) is 5.91 Å². The molecule has 140 valence electrons. The molecule has 6 N–H and O–H groups in total. The van der Waals surface area contributed by atoms with Gasteiger partial charge in [-0.3, -0.25) is 4.79 Å². The van der Waals surface area contributed by atoms with Gasteiger partial charge < -0.3 is 21.9 Å². The number of aliphatic hydroxyl groups is 1. The first-order chi connectivity index (χ1) is 12.6. The summed E-state index contributed by atoms with van der Waals surface area (Å²) in [5.74, 6) is -0.530. The van der Waals surface area contributed by atoms with Crippen molar-refractivity contribution in [3.63, 3.8) is 0 Å². The fraction of sp³-hybridized carbons (Fsp3) is 0.167. The number of hydrogen-bond acceptors (Lipinski definition) is 7. The van der Waals surface area contributed by atoms with E-state index in [9.17, 15) is 14.3 Å². The van der Waals surface area contributed by atoms with Gasteiger partial charge in [-0.1, -0.05) is 12.1 Å². The molecule has 0 unspecified atom stereocenters. The normalized spacial score (nSPS) is 11.4. The number of amides is 1. The Morgan fingerprint density at radius 3 is 2.52 bits per heavy atom. The Hall–Kier alpha value is -3.04. The zero-order chi connectivity index (χ0) is 19.8. The maximum absolute atomic E-state index is 14.6. The number of nitrogen functional groups attached to an aromatic ring is 1. The molecule has 3 aromatic rings. The number of carbonyl (C=O) groups excluding carboxylic acids is 1. The van der Waals surface area contributed by atoms with Crippen molar-refractivity contribution in [2.24, 2.45) is 5.73 Å². The van der Waals surface area contributed by atoms with E-state index in [1.165, 1.54) is 12.1 Å². The molecule has 0 atom stereocenters. The summed E-state index contributed by atoms with van der Waals surface area (Å²) in [4.78, 5) is 12.3. The van der Waals surface area contributed by atoms with Crippen molar-refractivity contribution >= 4 is 33.9 Å². The van der Waals surface area contributed by atoms with Crippen molar-refractivity contribution < 1.29 is 14.3 Å². The third-order valence-electron chi connectivity index (χ3n) is 3.87. The SMILES string of the molecule is CC(C)(O)c1ccc(-c2cc(C(N)=O)c(Nc3ccc(N)nn3)s2)c(F)c1. The van der Waals surface area contributed by atoms with Crippen LogP contribution in [0.15, 0.2) is 36.4 Å². The Morgan fingerprint density at radius 2 is 1.96 bits per heavy atom. The van der Waals surface area contributed by atoms with E-state index in [2.05, 4.69) is 15.5 Å². The molecule has 3 rings (SSSR count). The summed E-state index contributed by atoms with van der Waals surface area (Å²) in [7, 11) is 0. The lowest BCUT2D eigenvalue weighted by Gasteiger charge is -2.18. The molecule has 2 heterocycles. The van der Waals surface area contributed by atoms with Crippen LogP contribution in [0, 0.1) is 5.82 Å². The Morgan fingerprint density at radius 1 is 1.22 bits per heavy atom. The lowest BCUT2D eigenvalue weighted by atomic mass is 9.96. The number of nitrogens with one attached hydrogen (secondary N) is 1. The molecule has 9 heteroatoms. The smallest absolute Gasteiger partial charge is 0.251 e. The van der Waals surface area contributed by atoms with Gasteiger partial charge >= 0.3 is 0 Å². The molecule has 1 aromatic carbocycles. The molecule has 0 aliphatic carbocycles. The molecule has 0 saturated heterocycles. The largest absolute Gasteiger partial charge is 0.386 e. The number of primary amides is 1. The molecule has 7 nitrogen and oxygen atoms in total. The molecule has 0 radical (unpaired) electrons. The Balaban J connectivity index is 2.00. The van der Waals surface area contributed by atoms with Gasteiger partial charge in [-0.05, 0) is 43.7 Å². The minimum Gasteiger partial charge on any atom is -0.386 e. The Labute approximate surface area is 158 Å². The summed E-state index contributed by atoms with van der Waals surface area (Å²) in [5, 5.41) is 21.0. The van der Waals surface area contributed by atoms with Gasteiger partial charge in [0.05, 0.1) is 11.2 Å². The van der Waals surface area contributed by atoms with E-state index in [0.717, 1.165) is 11.3 Å². The number of nitrogens with two attached hydrogens (primary N) is 2. The minimum absolute atomic E-state index is 0.208. The fourth-order valence-electron chi connectivity index (χ4n) is 2.42. The average Bonchev–Trinajstić information content (AvgIpc) is 3.00. The summed E-state index contributed by atoms with van der Waals surface area (Å²) < 4.78 is 14.6. The van der Waals surface area contributed by atoms with Crippen molar-refractivity contribution in [3.8, 4) is 10.4 Å². The molecule has 2 aromatic heterocycles. The number of halogens is 1. The van der Waals surface area contributed by atoms with E-state index in [1.54, 1.807) is 38.1 Å². The van der Waals surface area contributed by atoms with Gasteiger partial charge in [-0.15, -0.1) is 21.5 Å². The second-order valence-electron chi connectivity index (χ2n) is 6.44. The zero-order valence-corrected chi connectivity index (χ0v) is 15.5. The van der Waals surface area contributed by atoms with E-state index in [0.29, 0.717) is 26.8 Å². The van der Waals surface area contributed by atoms with E-state index in [1.807, 2.05) is 0 Å². The van der Waals surface area contributed by atoms with E-state index < -0.39 is 17.3 Å². The van der Waals surface area contributed by atoms with Crippen LogP contribution in [0.5, 0.6) is 0 Å². The topological polar surface area (TPSA) is 127 Å². The predicted octanol–water partition coefficient (Wildman–Crippen LogP) is 3.00. The molecular formula is C18H18FN5O2S.